The molecule has 0 bridgehead atoms. The first-order valence-corrected chi connectivity index (χ1v) is 5.50. The molecule has 0 atom stereocenters. The molecular formula is C12H12ClNO2. The first kappa shape index (κ1) is 11.0. The van der Waals surface area contributed by atoms with Gasteiger partial charge in [0.15, 0.2) is 0 Å². The zero-order valence-electron chi connectivity index (χ0n) is 8.92. The van der Waals surface area contributed by atoms with Gasteiger partial charge in [-0.1, -0.05) is 17.7 Å². The molecule has 0 fully saturated rings. The van der Waals surface area contributed by atoms with E-state index in [9.17, 15) is 4.79 Å². The van der Waals surface area contributed by atoms with Crippen molar-refractivity contribution in [3.63, 3.8) is 0 Å². The van der Waals surface area contributed by atoms with E-state index in [0.717, 1.165) is 16.5 Å². The highest BCUT2D eigenvalue weighted by Gasteiger charge is 2.11. The first-order chi connectivity index (χ1) is 7.72. The number of hydrogen-bond acceptors (Lipinski definition) is 2. The predicted molar refractivity (Wildman–Crippen MR) is 63.6 cm³/mol. The van der Waals surface area contributed by atoms with Crippen molar-refractivity contribution in [3.05, 3.63) is 35.0 Å². The highest BCUT2D eigenvalue weighted by molar-refractivity contribution is 6.35. The molecule has 2 rings (SSSR count). The number of aromatic amines is 1. The van der Waals surface area contributed by atoms with Gasteiger partial charge in [-0.15, -0.1) is 0 Å². The van der Waals surface area contributed by atoms with Crippen molar-refractivity contribution in [1.82, 2.24) is 4.98 Å². The van der Waals surface area contributed by atoms with Crippen LogP contribution in [0.2, 0.25) is 5.02 Å². The van der Waals surface area contributed by atoms with E-state index in [4.69, 9.17) is 16.3 Å². The lowest BCUT2D eigenvalue weighted by molar-refractivity contribution is -0.142. The molecule has 0 aliphatic heterocycles. The van der Waals surface area contributed by atoms with E-state index in [1.165, 1.54) is 0 Å². The number of ether oxygens (including phenoxy) is 1. The van der Waals surface area contributed by atoms with Crippen molar-refractivity contribution in [3.8, 4) is 0 Å². The molecule has 0 aliphatic carbocycles. The molecule has 16 heavy (non-hydrogen) atoms. The molecular weight excluding hydrogens is 226 g/mol. The summed E-state index contributed by atoms with van der Waals surface area (Å²) in [6.07, 6.45) is 2.05. The number of hydrogen-bond donors (Lipinski definition) is 1. The van der Waals surface area contributed by atoms with E-state index in [1.807, 2.05) is 18.2 Å². The largest absolute Gasteiger partial charge is 0.466 e. The van der Waals surface area contributed by atoms with Crippen LogP contribution >= 0.6 is 11.6 Å². The van der Waals surface area contributed by atoms with Crippen LogP contribution in [0.15, 0.2) is 24.4 Å². The van der Waals surface area contributed by atoms with Crippen LogP contribution in [0.4, 0.5) is 0 Å². The lowest BCUT2D eigenvalue weighted by Gasteiger charge is -2.01. The third-order valence-electron chi connectivity index (χ3n) is 2.38. The molecule has 2 aromatic rings. The maximum atomic E-state index is 11.4. The van der Waals surface area contributed by atoms with Crippen LogP contribution in [0.25, 0.3) is 10.9 Å². The number of H-pyrrole nitrogens is 1. The van der Waals surface area contributed by atoms with Crippen LogP contribution in [0.1, 0.15) is 12.5 Å². The number of esters is 1. The summed E-state index contributed by atoms with van der Waals surface area (Å²) in [5.74, 6) is -0.233. The Bertz CT molecular complexity index is 519. The summed E-state index contributed by atoms with van der Waals surface area (Å²) in [4.78, 5) is 14.5. The van der Waals surface area contributed by atoms with Gasteiger partial charge in [0.1, 0.15) is 0 Å². The van der Waals surface area contributed by atoms with Crippen molar-refractivity contribution in [2.24, 2.45) is 0 Å². The fourth-order valence-corrected chi connectivity index (χ4v) is 2.01. The molecule has 0 spiro atoms. The Morgan fingerprint density at radius 3 is 3.06 bits per heavy atom. The third kappa shape index (κ3) is 2.04. The van der Waals surface area contributed by atoms with Crippen LogP contribution < -0.4 is 0 Å². The highest BCUT2D eigenvalue weighted by atomic mass is 35.5. The Labute approximate surface area is 98.4 Å². The Morgan fingerprint density at radius 1 is 1.50 bits per heavy atom. The molecule has 1 aromatic carbocycles. The van der Waals surface area contributed by atoms with Crippen molar-refractivity contribution in [1.29, 1.82) is 0 Å². The molecule has 0 radical (unpaired) electrons. The molecule has 84 valence electrons. The monoisotopic (exact) mass is 237 g/mol. The molecule has 1 N–H and O–H groups in total. The lowest BCUT2D eigenvalue weighted by atomic mass is 10.1. The van der Waals surface area contributed by atoms with E-state index in [2.05, 4.69) is 4.98 Å². The summed E-state index contributed by atoms with van der Waals surface area (Å²) in [6, 6.07) is 5.61. The minimum atomic E-state index is -0.233. The molecule has 0 saturated carbocycles. The topological polar surface area (TPSA) is 42.1 Å². The van der Waals surface area contributed by atoms with E-state index < -0.39 is 0 Å². The van der Waals surface area contributed by atoms with Gasteiger partial charge >= 0.3 is 5.97 Å². The third-order valence-corrected chi connectivity index (χ3v) is 2.69. The number of aromatic nitrogens is 1. The van der Waals surface area contributed by atoms with Crippen molar-refractivity contribution in [2.45, 2.75) is 13.3 Å². The number of benzene rings is 1. The van der Waals surface area contributed by atoms with Gasteiger partial charge in [0.05, 0.1) is 18.1 Å². The van der Waals surface area contributed by atoms with Crippen molar-refractivity contribution in [2.75, 3.05) is 6.61 Å². The lowest BCUT2D eigenvalue weighted by Crippen LogP contribution is -2.06. The van der Waals surface area contributed by atoms with Gasteiger partial charge in [-0.3, -0.25) is 4.79 Å². The van der Waals surface area contributed by atoms with Gasteiger partial charge < -0.3 is 9.72 Å². The Kier molecular flexibility index (Phi) is 3.15. The van der Waals surface area contributed by atoms with Gasteiger partial charge in [0.2, 0.25) is 0 Å². The van der Waals surface area contributed by atoms with Gasteiger partial charge in [0, 0.05) is 17.1 Å². The molecule has 0 aliphatic rings. The van der Waals surface area contributed by atoms with E-state index in [-0.39, 0.29) is 12.4 Å². The molecule has 0 unspecified atom stereocenters. The van der Waals surface area contributed by atoms with Gasteiger partial charge in [0.25, 0.3) is 0 Å². The fraction of sp³-hybridized carbons (Fsp3) is 0.250. The summed E-state index contributed by atoms with van der Waals surface area (Å²) >= 11 is 6.09. The van der Waals surface area contributed by atoms with Crippen LogP contribution in [0.3, 0.4) is 0 Å². The summed E-state index contributed by atoms with van der Waals surface area (Å²) in [5, 5.41) is 1.55. The van der Waals surface area contributed by atoms with E-state index >= 15 is 0 Å². The second kappa shape index (κ2) is 4.58. The number of nitrogens with one attached hydrogen (secondary N) is 1. The standard InChI is InChI=1S/C12H12ClNO2/c1-2-16-11(15)6-8-7-14-10-5-3-4-9(13)12(8)10/h3-5,7,14H,2,6H2,1H3. The maximum absolute atomic E-state index is 11.4. The highest BCUT2D eigenvalue weighted by Crippen LogP contribution is 2.26. The van der Waals surface area contributed by atoms with E-state index in [0.29, 0.717) is 11.6 Å². The molecule has 1 aromatic heterocycles. The average molecular weight is 238 g/mol. The van der Waals surface area contributed by atoms with Crippen molar-refractivity contribution >= 4 is 28.5 Å². The number of carbonyl (C=O) groups is 1. The second-order valence-electron chi connectivity index (χ2n) is 3.46. The minimum absolute atomic E-state index is 0.233. The summed E-state index contributed by atoms with van der Waals surface area (Å²) < 4.78 is 4.91. The van der Waals surface area contributed by atoms with Gasteiger partial charge in [-0.25, -0.2) is 0 Å². The summed E-state index contributed by atoms with van der Waals surface area (Å²) in [5.41, 5.74) is 1.81. The Morgan fingerprint density at radius 2 is 2.31 bits per heavy atom. The van der Waals surface area contributed by atoms with E-state index in [1.54, 1.807) is 13.1 Å². The summed E-state index contributed by atoms with van der Waals surface area (Å²) in [7, 11) is 0. The normalized spacial score (nSPS) is 10.6. The zero-order valence-corrected chi connectivity index (χ0v) is 9.67. The Balaban J connectivity index is 2.34. The Hall–Kier alpha value is -1.48. The molecule has 3 nitrogen and oxygen atoms in total. The maximum Gasteiger partial charge on any atom is 0.310 e. The SMILES string of the molecule is CCOC(=O)Cc1c[nH]c2cccc(Cl)c12. The van der Waals surface area contributed by atoms with Crippen LogP contribution in [0, 0.1) is 0 Å². The molecule has 0 saturated heterocycles. The number of carbonyl (C=O) groups excluding carboxylic acids is 1. The first-order valence-electron chi connectivity index (χ1n) is 5.12. The second-order valence-corrected chi connectivity index (χ2v) is 3.87. The fourth-order valence-electron chi connectivity index (χ4n) is 1.71. The molecule has 1 heterocycles. The molecule has 4 heteroatoms. The van der Waals surface area contributed by atoms with Gasteiger partial charge in [-0.2, -0.15) is 0 Å². The minimum Gasteiger partial charge on any atom is -0.466 e. The van der Waals surface area contributed by atoms with Crippen LogP contribution in [-0.2, 0) is 16.0 Å². The van der Waals surface area contributed by atoms with Crippen LogP contribution in [0.5, 0.6) is 0 Å². The number of rotatable bonds is 3. The summed E-state index contributed by atoms with van der Waals surface area (Å²) in [6.45, 7) is 2.19. The van der Waals surface area contributed by atoms with Crippen LogP contribution in [-0.4, -0.2) is 17.6 Å². The predicted octanol–water partition coefficient (Wildman–Crippen LogP) is 2.93. The average Bonchev–Trinajstić information content (AvgIpc) is 2.63. The van der Waals surface area contributed by atoms with Crippen molar-refractivity contribution < 1.29 is 9.53 Å². The number of halogens is 1. The smallest absolute Gasteiger partial charge is 0.310 e. The quantitative estimate of drug-likeness (QED) is 0.834. The molecule has 0 amide bonds. The zero-order chi connectivity index (χ0) is 11.5. The number of fused-ring (bicyclic) bond motifs is 1. The van der Waals surface area contributed by atoms with Gasteiger partial charge in [-0.05, 0) is 24.6 Å².